The molecule has 35 heavy (non-hydrogen) atoms. The summed E-state index contributed by atoms with van der Waals surface area (Å²) in [6.45, 7) is 4.12. The van der Waals surface area contributed by atoms with Crippen molar-refractivity contribution < 1.29 is 29.0 Å². The number of nitrogens with zero attached hydrogens (tertiary/aromatic N) is 2. The number of rotatable bonds is 7. The van der Waals surface area contributed by atoms with Gasteiger partial charge in [0, 0.05) is 5.56 Å². The van der Waals surface area contributed by atoms with Crippen LogP contribution in [0.25, 0.3) is 5.76 Å². The fourth-order valence-electron chi connectivity index (χ4n) is 3.86. The van der Waals surface area contributed by atoms with Crippen LogP contribution >= 0.6 is 11.3 Å². The van der Waals surface area contributed by atoms with Crippen LogP contribution in [-0.2, 0) is 14.3 Å². The van der Waals surface area contributed by atoms with E-state index in [1.165, 1.54) is 12.0 Å². The molecule has 2 heterocycles. The molecule has 1 atom stereocenters. The standard InChI is InChI=1S/C26H24N2O6S/c1-4-13-34-18-12-8-11-17(14-18)20-19(21(29)16-9-6-5-7-10-16)22(30)24(31)28(20)26-27-15(2)23(35-26)25(32)33-3/h5-12,14,20,29H,4,13H2,1-3H3. The van der Waals surface area contributed by atoms with Gasteiger partial charge in [-0.2, -0.15) is 0 Å². The zero-order chi connectivity index (χ0) is 25.1. The normalized spacial score (nSPS) is 17.0. The molecule has 8 nitrogen and oxygen atoms in total. The molecule has 1 aromatic heterocycles. The van der Waals surface area contributed by atoms with Gasteiger partial charge in [0.2, 0.25) is 0 Å². The van der Waals surface area contributed by atoms with Crippen LogP contribution in [0.3, 0.4) is 0 Å². The van der Waals surface area contributed by atoms with Gasteiger partial charge in [0.15, 0.2) is 5.13 Å². The number of amides is 1. The number of Topliss-reactive ketones (excluding diaryl/α,β-unsaturated/α-hetero) is 1. The number of aliphatic hydroxyl groups is 1. The summed E-state index contributed by atoms with van der Waals surface area (Å²) >= 11 is 0.953. The molecule has 1 saturated heterocycles. The lowest BCUT2D eigenvalue weighted by Crippen LogP contribution is -2.29. The third-order valence-corrected chi connectivity index (χ3v) is 6.64. The number of aryl methyl sites for hydroxylation is 1. The predicted molar refractivity (Wildman–Crippen MR) is 132 cm³/mol. The molecule has 1 aliphatic rings. The maximum atomic E-state index is 13.3. The van der Waals surface area contributed by atoms with Gasteiger partial charge in [0.05, 0.1) is 31.0 Å². The maximum Gasteiger partial charge on any atom is 0.350 e. The molecule has 1 unspecified atom stereocenters. The van der Waals surface area contributed by atoms with E-state index in [0.29, 0.717) is 29.2 Å². The van der Waals surface area contributed by atoms with Crippen LogP contribution in [0.1, 0.15) is 45.9 Å². The first-order valence-corrected chi connectivity index (χ1v) is 11.8. The molecule has 0 radical (unpaired) electrons. The molecular formula is C26H24N2O6S. The molecule has 1 amide bonds. The number of aromatic nitrogens is 1. The number of anilines is 1. The Balaban J connectivity index is 1.91. The fraction of sp³-hybridized carbons (Fsp3) is 0.231. The first-order valence-electron chi connectivity index (χ1n) is 11.0. The van der Waals surface area contributed by atoms with Crippen LogP contribution in [0.2, 0.25) is 0 Å². The number of ketones is 1. The van der Waals surface area contributed by atoms with Crippen molar-refractivity contribution in [3.63, 3.8) is 0 Å². The molecule has 9 heteroatoms. The van der Waals surface area contributed by atoms with E-state index in [4.69, 9.17) is 9.47 Å². The van der Waals surface area contributed by atoms with E-state index in [1.54, 1.807) is 61.5 Å². The fourth-order valence-corrected chi connectivity index (χ4v) is 4.87. The minimum absolute atomic E-state index is 0.0682. The lowest BCUT2D eigenvalue weighted by molar-refractivity contribution is -0.132. The Bertz CT molecular complexity index is 1310. The predicted octanol–water partition coefficient (Wildman–Crippen LogP) is 4.65. The largest absolute Gasteiger partial charge is 0.507 e. The van der Waals surface area contributed by atoms with Crippen molar-refractivity contribution in [1.82, 2.24) is 4.98 Å². The van der Waals surface area contributed by atoms with E-state index in [2.05, 4.69) is 4.98 Å². The summed E-state index contributed by atoms with van der Waals surface area (Å²) in [4.78, 5) is 44.6. The zero-order valence-electron chi connectivity index (χ0n) is 19.5. The van der Waals surface area contributed by atoms with Gasteiger partial charge in [-0.25, -0.2) is 9.78 Å². The Morgan fingerprint density at radius 1 is 1.14 bits per heavy atom. The van der Waals surface area contributed by atoms with Gasteiger partial charge >= 0.3 is 11.9 Å². The average molecular weight is 493 g/mol. The van der Waals surface area contributed by atoms with E-state index < -0.39 is 23.7 Å². The Morgan fingerprint density at radius 3 is 2.57 bits per heavy atom. The van der Waals surface area contributed by atoms with Gasteiger partial charge in [-0.05, 0) is 31.0 Å². The smallest absolute Gasteiger partial charge is 0.350 e. The third-order valence-electron chi connectivity index (χ3n) is 5.50. The second-order valence-corrected chi connectivity index (χ2v) is 8.84. The Morgan fingerprint density at radius 2 is 1.89 bits per heavy atom. The molecule has 3 aromatic rings. The number of benzene rings is 2. The average Bonchev–Trinajstić information content (AvgIpc) is 3.39. The minimum Gasteiger partial charge on any atom is -0.507 e. The molecule has 1 fully saturated rings. The van der Waals surface area contributed by atoms with Crippen LogP contribution in [0.15, 0.2) is 60.2 Å². The lowest BCUT2D eigenvalue weighted by Gasteiger charge is -2.23. The van der Waals surface area contributed by atoms with Crippen molar-refractivity contribution in [2.45, 2.75) is 26.3 Å². The number of carbonyl (C=O) groups excluding carboxylic acids is 3. The summed E-state index contributed by atoms with van der Waals surface area (Å²) in [5, 5.41) is 11.3. The van der Waals surface area contributed by atoms with Gasteiger partial charge in [-0.3, -0.25) is 14.5 Å². The Hall–Kier alpha value is -3.98. The highest BCUT2D eigenvalue weighted by molar-refractivity contribution is 7.17. The molecule has 4 rings (SSSR count). The second-order valence-electron chi connectivity index (χ2n) is 7.86. The van der Waals surface area contributed by atoms with Crippen molar-refractivity contribution in [3.05, 3.63) is 81.9 Å². The van der Waals surface area contributed by atoms with Crippen LogP contribution in [0, 0.1) is 6.92 Å². The van der Waals surface area contributed by atoms with Crippen molar-refractivity contribution in [2.75, 3.05) is 18.6 Å². The monoisotopic (exact) mass is 492 g/mol. The van der Waals surface area contributed by atoms with E-state index in [1.807, 2.05) is 6.92 Å². The molecule has 0 spiro atoms. The summed E-state index contributed by atoms with van der Waals surface area (Å²) in [6.07, 6.45) is 0.811. The number of aliphatic hydroxyl groups excluding tert-OH is 1. The highest BCUT2D eigenvalue weighted by Crippen LogP contribution is 2.44. The zero-order valence-corrected chi connectivity index (χ0v) is 20.3. The molecule has 0 saturated carbocycles. The summed E-state index contributed by atoms with van der Waals surface area (Å²) in [5.41, 5.74) is 1.27. The molecule has 1 N–H and O–H groups in total. The van der Waals surface area contributed by atoms with E-state index in [-0.39, 0.29) is 21.3 Å². The summed E-state index contributed by atoms with van der Waals surface area (Å²) < 4.78 is 10.6. The van der Waals surface area contributed by atoms with Crippen LogP contribution in [0.5, 0.6) is 5.75 Å². The van der Waals surface area contributed by atoms with Crippen LogP contribution in [0.4, 0.5) is 5.13 Å². The molecule has 0 bridgehead atoms. The van der Waals surface area contributed by atoms with Crippen molar-refractivity contribution >= 4 is 39.9 Å². The number of carbonyl (C=O) groups is 3. The van der Waals surface area contributed by atoms with Crippen molar-refractivity contribution in [1.29, 1.82) is 0 Å². The first kappa shape index (κ1) is 24.2. The van der Waals surface area contributed by atoms with Gasteiger partial charge in [-0.1, -0.05) is 60.7 Å². The topological polar surface area (TPSA) is 106 Å². The third kappa shape index (κ3) is 4.54. The number of esters is 1. The molecule has 180 valence electrons. The van der Waals surface area contributed by atoms with E-state index in [0.717, 1.165) is 17.8 Å². The van der Waals surface area contributed by atoms with Crippen LogP contribution in [-0.4, -0.2) is 41.5 Å². The van der Waals surface area contributed by atoms with E-state index in [9.17, 15) is 19.5 Å². The highest BCUT2D eigenvalue weighted by Gasteiger charge is 2.48. The number of thiazole rings is 1. The minimum atomic E-state index is -0.976. The number of hydrogen-bond acceptors (Lipinski definition) is 8. The van der Waals surface area contributed by atoms with E-state index >= 15 is 0 Å². The Kier molecular flexibility index (Phi) is 6.97. The van der Waals surface area contributed by atoms with Gasteiger partial charge < -0.3 is 14.6 Å². The summed E-state index contributed by atoms with van der Waals surface area (Å²) in [5.74, 6) is -2.00. The lowest BCUT2D eigenvalue weighted by atomic mass is 9.95. The molecule has 1 aliphatic heterocycles. The van der Waals surface area contributed by atoms with Gasteiger partial charge in [-0.15, -0.1) is 0 Å². The molecule has 2 aromatic carbocycles. The molecule has 0 aliphatic carbocycles. The highest BCUT2D eigenvalue weighted by atomic mass is 32.1. The second kappa shape index (κ2) is 10.1. The quantitative estimate of drug-likeness (QED) is 0.221. The summed E-state index contributed by atoms with van der Waals surface area (Å²) in [6, 6.07) is 14.6. The summed E-state index contributed by atoms with van der Waals surface area (Å²) in [7, 11) is 1.26. The number of methoxy groups -OCH3 is 1. The maximum absolute atomic E-state index is 13.3. The molecular weight excluding hydrogens is 468 g/mol. The number of ether oxygens (including phenoxy) is 2. The first-order chi connectivity index (χ1) is 16.9. The van der Waals surface area contributed by atoms with Gasteiger partial charge in [0.1, 0.15) is 16.4 Å². The van der Waals surface area contributed by atoms with Gasteiger partial charge in [0.25, 0.3) is 5.78 Å². The SMILES string of the molecule is CCCOc1cccc(C2C(=C(O)c3ccccc3)C(=O)C(=O)N2c2nc(C)c(C(=O)OC)s2)c1. The Labute approximate surface area is 206 Å². The van der Waals surface area contributed by atoms with Crippen LogP contribution < -0.4 is 9.64 Å². The van der Waals surface area contributed by atoms with Crippen molar-refractivity contribution in [2.24, 2.45) is 0 Å². The van der Waals surface area contributed by atoms with Crippen molar-refractivity contribution in [3.8, 4) is 5.75 Å². The number of hydrogen-bond donors (Lipinski definition) is 1.